The molecule has 6 nitrogen and oxygen atoms in total. The van der Waals surface area contributed by atoms with Gasteiger partial charge in [0.2, 0.25) is 0 Å². The van der Waals surface area contributed by atoms with Crippen molar-refractivity contribution in [2.24, 2.45) is 0 Å². The number of hydrogen-bond donors (Lipinski definition) is 2. The van der Waals surface area contributed by atoms with Gasteiger partial charge in [-0.3, -0.25) is 14.9 Å². The highest BCUT2D eigenvalue weighted by Gasteiger charge is 2.37. The van der Waals surface area contributed by atoms with E-state index < -0.39 is 17.6 Å². The Balaban J connectivity index is 1.66. The number of aromatic nitrogens is 1. The number of halogens is 1. The Morgan fingerprint density at radius 1 is 1.03 bits per heavy atom. The molecule has 4 heterocycles. The van der Waals surface area contributed by atoms with Crippen LogP contribution in [0.25, 0.3) is 33.0 Å². The molecule has 0 atom stereocenters. The van der Waals surface area contributed by atoms with Crippen molar-refractivity contribution in [1.29, 1.82) is 0 Å². The van der Waals surface area contributed by atoms with Crippen molar-refractivity contribution in [3.05, 3.63) is 71.4 Å². The summed E-state index contributed by atoms with van der Waals surface area (Å²) in [7, 11) is 0. The molecule has 1 saturated heterocycles. The van der Waals surface area contributed by atoms with E-state index in [1.807, 2.05) is 25.3 Å². The van der Waals surface area contributed by atoms with Crippen LogP contribution in [0.3, 0.4) is 0 Å². The number of fused-ring (bicyclic) bond motifs is 2. The molecule has 166 valence electrons. The van der Waals surface area contributed by atoms with Crippen LogP contribution in [-0.2, 0) is 9.59 Å². The number of carbonyl (C=O) groups excluding carboxylic acids is 2. The predicted molar refractivity (Wildman–Crippen MR) is 124 cm³/mol. The topological polar surface area (TPSA) is 76.3 Å². The number of furan rings is 1. The van der Waals surface area contributed by atoms with Gasteiger partial charge in [-0.2, -0.15) is 0 Å². The number of carbonyl (C=O) groups is 2. The molecule has 6 rings (SSSR count). The number of hydrogen-bond acceptors (Lipinski definition) is 4. The molecule has 0 spiro atoms. The molecule has 0 aliphatic carbocycles. The van der Waals surface area contributed by atoms with Gasteiger partial charge in [-0.1, -0.05) is 12.1 Å². The van der Waals surface area contributed by atoms with Crippen LogP contribution in [0, 0.1) is 12.7 Å². The second kappa shape index (κ2) is 7.42. The second-order valence-corrected chi connectivity index (χ2v) is 8.75. The van der Waals surface area contributed by atoms with Gasteiger partial charge in [0.25, 0.3) is 11.8 Å². The van der Waals surface area contributed by atoms with Gasteiger partial charge in [-0.25, -0.2) is 4.39 Å². The Kier molecular flexibility index (Phi) is 4.48. The maximum Gasteiger partial charge on any atom is 0.259 e. The van der Waals surface area contributed by atoms with Gasteiger partial charge in [0, 0.05) is 34.1 Å². The fourth-order valence-electron chi connectivity index (χ4n) is 5.14. The summed E-state index contributed by atoms with van der Waals surface area (Å²) in [5.74, 6) is -1.75. The van der Waals surface area contributed by atoms with Gasteiger partial charge in [0.1, 0.15) is 11.4 Å². The molecule has 1 fully saturated rings. The highest BCUT2D eigenvalue weighted by Crippen LogP contribution is 2.40. The molecule has 2 aliphatic heterocycles. The van der Waals surface area contributed by atoms with Crippen LogP contribution in [0.5, 0.6) is 0 Å². The van der Waals surface area contributed by atoms with Crippen molar-refractivity contribution >= 4 is 44.8 Å². The predicted octanol–water partition coefficient (Wildman–Crippen LogP) is 4.33. The number of imide groups is 1. The maximum atomic E-state index is 15.1. The normalized spacial score (nSPS) is 17.5. The third-order valence-electron chi connectivity index (χ3n) is 6.71. The molecule has 0 radical (unpaired) electrons. The minimum atomic E-state index is -0.618. The van der Waals surface area contributed by atoms with E-state index in [1.165, 1.54) is 12.3 Å². The Bertz CT molecular complexity index is 1490. The fraction of sp³-hybridized carbons (Fsp3) is 0.231. The lowest BCUT2D eigenvalue weighted by molar-refractivity contribution is -0.122. The lowest BCUT2D eigenvalue weighted by Crippen LogP contribution is -2.29. The Labute approximate surface area is 189 Å². The van der Waals surface area contributed by atoms with E-state index in [0.717, 1.165) is 42.4 Å². The van der Waals surface area contributed by atoms with Crippen LogP contribution >= 0.6 is 0 Å². The van der Waals surface area contributed by atoms with E-state index in [0.29, 0.717) is 10.9 Å². The van der Waals surface area contributed by atoms with Crippen molar-refractivity contribution < 1.29 is 18.4 Å². The molecule has 2 aromatic heterocycles. The summed E-state index contributed by atoms with van der Waals surface area (Å²) in [4.78, 5) is 26.1. The zero-order chi connectivity index (χ0) is 22.7. The molecule has 0 saturated carbocycles. The van der Waals surface area contributed by atoms with Crippen LogP contribution in [0.2, 0.25) is 0 Å². The Morgan fingerprint density at radius 3 is 2.64 bits per heavy atom. The van der Waals surface area contributed by atoms with Gasteiger partial charge >= 0.3 is 0 Å². The number of nitrogens with zero attached hydrogens (tertiary/aromatic N) is 1. The van der Waals surface area contributed by atoms with Crippen molar-refractivity contribution in [3.8, 4) is 0 Å². The number of nitrogens with one attached hydrogen (secondary N) is 2. The van der Waals surface area contributed by atoms with Gasteiger partial charge in [0.15, 0.2) is 0 Å². The van der Waals surface area contributed by atoms with E-state index in [1.54, 1.807) is 12.1 Å². The molecule has 2 N–H and O–H groups in total. The van der Waals surface area contributed by atoms with Crippen LogP contribution in [0.4, 0.5) is 4.39 Å². The van der Waals surface area contributed by atoms with Crippen LogP contribution in [0.15, 0.2) is 53.3 Å². The first-order valence-corrected chi connectivity index (χ1v) is 11.1. The average Bonchev–Trinajstić information content (AvgIpc) is 3.50. The SMILES string of the molecule is Cc1ccc2c(C3=C(c4c(F)ccc5ccoc45)C(=O)NC3=O)cn(C3CCNCC3)c2c1. The Morgan fingerprint density at radius 2 is 1.82 bits per heavy atom. The third kappa shape index (κ3) is 3.03. The molecular formula is C26H22FN3O3. The molecular weight excluding hydrogens is 421 g/mol. The standard InChI is InChI=1S/C26H22FN3O3/c1-14-2-4-17-18(13-30(20(17)12-14)16-6-9-28-10-7-16)21-23(26(32)29-25(21)31)22-19(27)5-3-15-8-11-33-24(15)22/h2-5,8,11-13,16,28H,6-7,9-10H2,1H3,(H,29,31,32). The highest BCUT2D eigenvalue weighted by molar-refractivity contribution is 6.50. The molecule has 2 aliphatic rings. The smallest absolute Gasteiger partial charge is 0.259 e. The summed E-state index contributed by atoms with van der Waals surface area (Å²) in [6, 6.07) is 10.9. The van der Waals surface area contributed by atoms with Crippen molar-refractivity contribution in [2.75, 3.05) is 13.1 Å². The monoisotopic (exact) mass is 443 g/mol. The molecule has 7 heteroatoms. The maximum absolute atomic E-state index is 15.1. The van der Waals surface area contributed by atoms with Crippen LogP contribution in [-0.4, -0.2) is 29.5 Å². The van der Waals surface area contributed by atoms with Crippen molar-refractivity contribution in [1.82, 2.24) is 15.2 Å². The lowest BCUT2D eigenvalue weighted by Gasteiger charge is -2.25. The van der Waals surface area contributed by atoms with E-state index in [4.69, 9.17) is 4.42 Å². The van der Waals surface area contributed by atoms with Gasteiger partial charge in [-0.15, -0.1) is 0 Å². The van der Waals surface area contributed by atoms with E-state index >= 15 is 4.39 Å². The van der Waals surface area contributed by atoms with Crippen molar-refractivity contribution in [2.45, 2.75) is 25.8 Å². The van der Waals surface area contributed by atoms with Gasteiger partial charge in [-0.05, 0) is 62.7 Å². The fourth-order valence-corrected chi connectivity index (χ4v) is 5.14. The van der Waals surface area contributed by atoms with Gasteiger partial charge < -0.3 is 14.3 Å². The third-order valence-corrected chi connectivity index (χ3v) is 6.71. The number of benzene rings is 2. The zero-order valence-electron chi connectivity index (χ0n) is 18.1. The summed E-state index contributed by atoms with van der Waals surface area (Å²) < 4.78 is 22.9. The summed E-state index contributed by atoms with van der Waals surface area (Å²) in [5.41, 5.74) is 3.22. The summed E-state index contributed by atoms with van der Waals surface area (Å²) in [5, 5.41) is 7.30. The Hall–Kier alpha value is -3.71. The van der Waals surface area contributed by atoms with E-state index in [9.17, 15) is 9.59 Å². The molecule has 33 heavy (non-hydrogen) atoms. The van der Waals surface area contributed by atoms with Crippen LogP contribution < -0.4 is 10.6 Å². The highest BCUT2D eigenvalue weighted by atomic mass is 19.1. The molecule has 2 aromatic carbocycles. The molecule has 0 unspecified atom stereocenters. The number of amides is 2. The zero-order valence-corrected chi connectivity index (χ0v) is 18.1. The average molecular weight is 443 g/mol. The minimum Gasteiger partial charge on any atom is -0.464 e. The number of rotatable bonds is 3. The minimum absolute atomic E-state index is 0.0167. The first kappa shape index (κ1) is 19.9. The molecule has 4 aromatic rings. The summed E-state index contributed by atoms with van der Waals surface area (Å²) in [6.07, 6.45) is 5.34. The number of aryl methyl sites for hydroxylation is 1. The summed E-state index contributed by atoms with van der Waals surface area (Å²) in [6.45, 7) is 3.87. The molecule has 0 bridgehead atoms. The quantitative estimate of drug-likeness (QED) is 0.462. The van der Waals surface area contributed by atoms with E-state index in [-0.39, 0.29) is 28.3 Å². The van der Waals surface area contributed by atoms with Crippen molar-refractivity contribution in [3.63, 3.8) is 0 Å². The van der Waals surface area contributed by atoms with Crippen LogP contribution in [0.1, 0.15) is 35.6 Å². The first-order chi connectivity index (χ1) is 16.0. The first-order valence-electron chi connectivity index (χ1n) is 11.1. The molecule has 2 amide bonds. The van der Waals surface area contributed by atoms with E-state index in [2.05, 4.69) is 21.3 Å². The number of piperidine rings is 1. The second-order valence-electron chi connectivity index (χ2n) is 8.75. The van der Waals surface area contributed by atoms with Gasteiger partial charge in [0.05, 0.1) is 23.0 Å². The largest absolute Gasteiger partial charge is 0.464 e. The lowest BCUT2D eigenvalue weighted by atomic mass is 9.94. The summed E-state index contributed by atoms with van der Waals surface area (Å²) >= 11 is 0.